The molecule has 0 bridgehead atoms. The molecule has 0 amide bonds. The molecule has 21 heavy (non-hydrogen) atoms. The first-order chi connectivity index (χ1) is 10.0. The first kappa shape index (κ1) is 14.3. The second-order valence-corrected chi connectivity index (χ2v) is 6.00. The SMILES string of the molecule is COc1cc2c(cc1F)[nH]c(=S)n2-c1cc(Br)ccc1C. The Labute approximate surface area is 134 Å². The van der Waals surface area contributed by atoms with Gasteiger partial charge in [-0.15, -0.1) is 0 Å². The summed E-state index contributed by atoms with van der Waals surface area (Å²) in [5.74, 6) is -0.225. The van der Waals surface area contributed by atoms with Crippen molar-refractivity contribution in [3.05, 3.63) is 51.0 Å². The molecule has 3 rings (SSSR count). The predicted octanol–water partition coefficient (Wildman–Crippen LogP) is 4.91. The summed E-state index contributed by atoms with van der Waals surface area (Å²) in [6.07, 6.45) is 0. The number of hydrogen-bond donors (Lipinski definition) is 1. The first-order valence-corrected chi connectivity index (χ1v) is 7.46. The number of aromatic nitrogens is 2. The Kier molecular flexibility index (Phi) is 3.59. The molecule has 108 valence electrons. The van der Waals surface area contributed by atoms with Gasteiger partial charge in [0.1, 0.15) is 0 Å². The van der Waals surface area contributed by atoms with Crippen molar-refractivity contribution in [2.45, 2.75) is 6.92 Å². The molecular weight excluding hydrogens is 355 g/mol. The minimum atomic E-state index is -0.417. The highest BCUT2D eigenvalue weighted by Gasteiger charge is 2.13. The van der Waals surface area contributed by atoms with Gasteiger partial charge in [0.05, 0.1) is 23.8 Å². The zero-order valence-electron chi connectivity index (χ0n) is 11.4. The highest BCUT2D eigenvalue weighted by atomic mass is 79.9. The van der Waals surface area contributed by atoms with Gasteiger partial charge in [-0.05, 0) is 36.8 Å². The third-order valence-electron chi connectivity index (χ3n) is 3.37. The summed E-state index contributed by atoms with van der Waals surface area (Å²) in [5.41, 5.74) is 3.42. The maximum atomic E-state index is 13.8. The van der Waals surface area contributed by atoms with Crippen molar-refractivity contribution < 1.29 is 9.13 Å². The molecule has 0 fully saturated rings. The Hall–Kier alpha value is -1.66. The summed E-state index contributed by atoms with van der Waals surface area (Å²) >= 11 is 8.86. The van der Waals surface area contributed by atoms with Crippen molar-refractivity contribution >= 4 is 39.2 Å². The largest absolute Gasteiger partial charge is 0.494 e. The number of halogens is 2. The van der Waals surface area contributed by atoms with Crippen molar-refractivity contribution in [1.82, 2.24) is 9.55 Å². The zero-order chi connectivity index (χ0) is 15.1. The summed E-state index contributed by atoms with van der Waals surface area (Å²) in [6, 6.07) is 9.00. The van der Waals surface area contributed by atoms with Crippen LogP contribution in [0.1, 0.15) is 5.56 Å². The molecule has 0 atom stereocenters. The molecule has 0 aliphatic carbocycles. The molecule has 3 aromatic rings. The quantitative estimate of drug-likeness (QED) is 0.653. The smallest absolute Gasteiger partial charge is 0.182 e. The van der Waals surface area contributed by atoms with E-state index >= 15 is 0 Å². The fraction of sp³-hybridized carbons (Fsp3) is 0.133. The van der Waals surface area contributed by atoms with Crippen LogP contribution in [0.2, 0.25) is 0 Å². The molecule has 0 spiro atoms. The van der Waals surface area contributed by atoms with Crippen molar-refractivity contribution in [3.8, 4) is 11.4 Å². The van der Waals surface area contributed by atoms with Crippen LogP contribution in [0.3, 0.4) is 0 Å². The van der Waals surface area contributed by atoms with Gasteiger partial charge in [-0.1, -0.05) is 22.0 Å². The molecular formula is C15H12BrFN2OS. The second-order valence-electron chi connectivity index (χ2n) is 4.70. The van der Waals surface area contributed by atoms with Crippen LogP contribution in [0.15, 0.2) is 34.8 Å². The molecule has 0 saturated heterocycles. The van der Waals surface area contributed by atoms with Gasteiger partial charge in [0.15, 0.2) is 16.3 Å². The van der Waals surface area contributed by atoms with Gasteiger partial charge in [-0.2, -0.15) is 0 Å². The van der Waals surface area contributed by atoms with Gasteiger partial charge in [-0.3, -0.25) is 4.57 Å². The number of imidazole rings is 1. The fourth-order valence-electron chi connectivity index (χ4n) is 2.33. The summed E-state index contributed by atoms with van der Waals surface area (Å²) in [7, 11) is 1.44. The van der Waals surface area contributed by atoms with Crippen molar-refractivity contribution in [1.29, 1.82) is 0 Å². The summed E-state index contributed by atoms with van der Waals surface area (Å²) in [5, 5.41) is 0. The maximum Gasteiger partial charge on any atom is 0.182 e. The molecule has 1 heterocycles. The van der Waals surface area contributed by atoms with Crippen LogP contribution < -0.4 is 4.74 Å². The van der Waals surface area contributed by atoms with Crippen molar-refractivity contribution in [3.63, 3.8) is 0 Å². The number of nitrogens with one attached hydrogen (secondary N) is 1. The lowest BCUT2D eigenvalue weighted by Gasteiger charge is -2.10. The minimum Gasteiger partial charge on any atom is -0.494 e. The molecule has 2 aromatic carbocycles. The van der Waals surface area contributed by atoms with E-state index in [9.17, 15) is 4.39 Å². The second kappa shape index (κ2) is 5.27. The summed E-state index contributed by atoms with van der Waals surface area (Å²) < 4.78 is 22.2. The number of aryl methyl sites for hydroxylation is 1. The lowest BCUT2D eigenvalue weighted by atomic mass is 10.2. The van der Waals surface area contributed by atoms with E-state index in [2.05, 4.69) is 20.9 Å². The number of rotatable bonds is 2. The molecule has 0 saturated carbocycles. The van der Waals surface area contributed by atoms with Gasteiger partial charge in [0.25, 0.3) is 0 Å². The molecule has 0 radical (unpaired) electrons. The highest BCUT2D eigenvalue weighted by Crippen LogP contribution is 2.29. The zero-order valence-corrected chi connectivity index (χ0v) is 13.8. The van der Waals surface area contributed by atoms with Crippen molar-refractivity contribution in [2.75, 3.05) is 7.11 Å². The molecule has 3 nitrogen and oxygen atoms in total. The number of H-pyrrole nitrogens is 1. The number of fused-ring (bicyclic) bond motifs is 1. The van der Waals surface area contributed by atoms with E-state index in [1.54, 1.807) is 6.07 Å². The van der Waals surface area contributed by atoms with Gasteiger partial charge in [-0.25, -0.2) is 4.39 Å². The van der Waals surface area contributed by atoms with Crippen LogP contribution in [-0.4, -0.2) is 16.7 Å². The Bertz CT molecular complexity index is 901. The number of ether oxygens (including phenoxy) is 1. The number of benzene rings is 2. The third-order valence-corrected chi connectivity index (χ3v) is 4.15. The van der Waals surface area contributed by atoms with Crippen LogP contribution >= 0.6 is 28.1 Å². The van der Waals surface area contributed by atoms with Crippen LogP contribution in [0.4, 0.5) is 4.39 Å². The molecule has 0 unspecified atom stereocenters. The Morgan fingerprint density at radius 2 is 2.05 bits per heavy atom. The van der Waals surface area contributed by atoms with Crippen LogP contribution in [0, 0.1) is 17.5 Å². The van der Waals surface area contributed by atoms with Crippen LogP contribution in [-0.2, 0) is 0 Å². The lowest BCUT2D eigenvalue weighted by molar-refractivity contribution is 0.387. The Morgan fingerprint density at radius 3 is 2.76 bits per heavy atom. The number of aromatic amines is 1. The lowest BCUT2D eigenvalue weighted by Crippen LogP contribution is -1.98. The van der Waals surface area contributed by atoms with E-state index in [-0.39, 0.29) is 5.75 Å². The fourth-order valence-corrected chi connectivity index (χ4v) is 2.98. The minimum absolute atomic E-state index is 0.192. The standard InChI is InChI=1S/C15H12BrFN2OS/c1-8-3-4-9(16)5-12(8)19-13-7-14(20-2)10(17)6-11(13)18-15(19)21/h3-7H,1-2H3,(H,18,21). The molecule has 1 N–H and O–H groups in total. The van der Waals surface area contributed by atoms with Gasteiger partial charge in [0, 0.05) is 16.6 Å². The number of methoxy groups -OCH3 is 1. The summed E-state index contributed by atoms with van der Waals surface area (Å²) in [4.78, 5) is 3.03. The Morgan fingerprint density at radius 1 is 1.29 bits per heavy atom. The normalized spacial score (nSPS) is 11.0. The third kappa shape index (κ3) is 2.38. The van der Waals surface area contributed by atoms with Gasteiger partial charge < -0.3 is 9.72 Å². The molecule has 6 heteroatoms. The van der Waals surface area contributed by atoms with E-state index < -0.39 is 5.82 Å². The Balaban J connectivity index is 2.39. The molecule has 0 aliphatic heterocycles. The van der Waals surface area contributed by atoms with E-state index in [1.807, 2.05) is 29.7 Å². The summed E-state index contributed by atoms with van der Waals surface area (Å²) in [6.45, 7) is 2.00. The average Bonchev–Trinajstić information content (AvgIpc) is 2.75. The number of hydrogen-bond acceptors (Lipinski definition) is 2. The number of nitrogens with zero attached hydrogens (tertiary/aromatic N) is 1. The van der Waals surface area contributed by atoms with E-state index in [0.717, 1.165) is 21.2 Å². The predicted molar refractivity (Wildman–Crippen MR) is 87.4 cm³/mol. The van der Waals surface area contributed by atoms with Crippen molar-refractivity contribution in [2.24, 2.45) is 0 Å². The topological polar surface area (TPSA) is 29.9 Å². The van der Waals surface area contributed by atoms with Gasteiger partial charge in [0.2, 0.25) is 0 Å². The average molecular weight is 367 g/mol. The molecule has 1 aromatic heterocycles. The van der Waals surface area contributed by atoms with Crippen LogP contribution in [0.25, 0.3) is 16.7 Å². The van der Waals surface area contributed by atoms with Gasteiger partial charge >= 0.3 is 0 Å². The van der Waals surface area contributed by atoms with E-state index in [0.29, 0.717) is 10.3 Å². The first-order valence-electron chi connectivity index (χ1n) is 6.26. The highest BCUT2D eigenvalue weighted by molar-refractivity contribution is 9.10. The van der Waals surface area contributed by atoms with E-state index in [1.165, 1.54) is 13.2 Å². The van der Waals surface area contributed by atoms with E-state index in [4.69, 9.17) is 17.0 Å². The maximum absolute atomic E-state index is 13.8. The molecule has 0 aliphatic rings. The monoisotopic (exact) mass is 366 g/mol. The van der Waals surface area contributed by atoms with Crippen LogP contribution in [0.5, 0.6) is 5.75 Å².